The minimum Gasteiger partial charge on any atom is -0.382 e. The number of carbonyl (C=O) groups is 2. The molecule has 0 bridgehead atoms. The Hall–Kier alpha value is -3.78. The van der Waals surface area contributed by atoms with Gasteiger partial charge in [-0.15, -0.1) is 0 Å². The highest BCUT2D eigenvalue weighted by Gasteiger charge is 2.24. The topological polar surface area (TPSA) is 122 Å². The maximum absolute atomic E-state index is 13.0. The van der Waals surface area contributed by atoms with E-state index in [1.807, 2.05) is 24.3 Å². The first-order chi connectivity index (χ1) is 17.1. The van der Waals surface area contributed by atoms with Crippen molar-refractivity contribution in [1.82, 2.24) is 25.9 Å². The number of aryl methyl sites for hydroxylation is 1. The molecule has 3 aromatic rings. The van der Waals surface area contributed by atoms with Crippen LogP contribution in [-0.2, 0) is 6.42 Å². The van der Waals surface area contributed by atoms with Crippen molar-refractivity contribution in [2.75, 3.05) is 18.8 Å². The molecule has 35 heavy (non-hydrogen) atoms. The third-order valence-electron chi connectivity index (χ3n) is 6.76. The molecule has 1 aromatic heterocycles. The molecule has 0 spiro atoms. The van der Waals surface area contributed by atoms with Gasteiger partial charge in [0.2, 0.25) is 0 Å². The number of rotatable bonds is 5. The van der Waals surface area contributed by atoms with Crippen molar-refractivity contribution in [3.63, 3.8) is 0 Å². The molecule has 5 rings (SSSR count). The van der Waals surface area contributed by atoms with Gasteiger partial charge in [-0.05, 0) is 55.5 Å². The maximum Gasteiger partial charge on any atom is 0.274 e. The third kappa shape index (κ3) is 5.17. The summed E-state index contributed by atoms with van der Waals surface area (Å²) in [6.07, 6.45) is 6.45. The first kappa shape index (κ1) is 23.0. The average molecular weight is 471 g/mol. The van der Waals surface area contributed by atoms with Gasteiger partial charge in [0.25, 0.3) is 11.8 Å². The van der Waals surface area contributed by atoms with E-state index in [0.717, 1.165) is 45.2 Å². The predicted octanol–water partition coefficient (Wildman–Crippen LogP) is 3.02. The van der Waals surface area contributed by atoms with Crippen molar-refractivity contribution in [3.8, 4) is 11.3 Å². The standard InChI is InChI=1S/C27H30N6O2/c28-25-24(27(35)31-20-9-3-4-13-29-15-20)32-23(16-30-25)18-7-5-8-19(14-18)26(34)33-22-12-11-17-6-1-2-10-21(17)22/h1-2,5-8,10,14,16,20,22,29H,3-4,9,11-13,15H2,(H2,28,30)(H,31,35)(H,33,34). The molecule has 8 heteroatoms. The number of carbonyl (C=O) groups excluding carboxylic acids is 2. The Labute approximate surface area is 204 Å². The number of fused-ring (bicyclic) bond motifs is 1. The zero-order valence-electron chi connectivity index (χ0n) is 19.6. The molecule has 1 aliphatic carbocycles. The van der Waals surface area contributed by atoms with Crippen LogP contribution in [-0.4, -0.2) is 40.9 Å². The van der Waals surface area contributed by atoms with Crippen molar-refractivity contribution < 1.29 is 9.59 Å². The van der Waals surface area contributed by atoms with Crippen LogP contribution in [0.1, 0.15) is 63.7 Å². The summed E-state index contributed by atoms with van der Waals surface area (Å²) in [5, 5.41) is 9.51. The number of amides is 2. The highest BCUT2D eigenvalue weighted by atomic mass is 16.2. The van der Waals surface area contributed by atoms with Crippen LogP contribution in [0, 0.1) is 0 Å². The zero-order valence-corrected chi connectivity index (χ0v) is 19.6. The van der Waals surface area contributed by atoms with Crippen molar-refractivity contribution in [3.05, 3.63) is 77.1 Å². The van der Waals surface area contributed by atoms with E-state index in [1.165, 1.54) is 17.3 Å². The van der Waals surface area contributed by atoms with Crippen LogP contribution in [0.3, 0.4) is 0 Å². The van der Waals surface area contributed by atoms with Gasteiger partial charge >= 0.3 is 0 Å². The number of nitrogens with zero attached hydrogens (tertiary/aromatic N) is 2. The summed E-state index contributed by atoms with van der Waals surface area (Å²) in [5.41, 5.74) is 10.3. The number of hydrogen-bond acceptors (Lipinski definition) is 6. The summed E-state index contributed by atoms with van der Waals surface area (Å²) in [7, 11) is 0. The molecule has 180 valence electrons. The average Bonchev–Trinajstić information content (AvgIpc) is 3.10. The number of nitrogens with one attached hydrogen (secondary N) is 3. The Morgan fingerprint density at radius 1 is 1.00 bits per heavy atom. The Morgan fingerprint density at radius 3 is 2.80 bits per heavy atom. The van der Waals surface area contributed by atoms with Gasteiger partial charge in [-0.1, -0.05) is 42.8 Å². The molecule has 1 saturated heterocycles. The quantitative estimate of drug-likeness (QED) is 0.455. The SMILES string of the molecule is Nc1ncc(-c2cccc(C(=O)NC3CCc4ccccc43)c2)nc1C(=O)NC1CCCCNC1. The minimum absolute atomic E-state index is 0.00690. The molecule has 2 heterocycles. The summed E-state index contributed by atoms with van der Waals surface area (Å²) in [5.74, 6) is -0.392. The highest BCUT2D eigenvalue weighted by molar-refractivity contribution is 5.97. The van der Waals surface area contributed by atoms with Gasteiger partial charge in [-0.25, -0.2) is 9.97 Å². The Balaban J connectivity index is 1.32. The van der Waals surface area contributed by atoms with Crippen LogP contribution in [0.4, 0.5) is 5.82 Å². The second kappa shape index (κ2) is 10.2. The molecule has 0 radical (unpaired) electrons. The van der Waals surface area contributed by atoms with E-state index in [2.05, 4.69) is 38.1 Å². The maximum atomic E-state index is 13.0. The molecule has 2 atom stereocenters. The van der Waals surface area contributed by atoms with Crippen LogP contribution < -0.4 is 21.7 Å². The second-order valence-corrected chi connectivity index (χ2v) is 9.20. The van der Waals surface area contributed by atoms with E-state index < -0.39 is 0 Å². The van der Waals surface area contributed by atoms with Crippen molar-refractivity contribution in [1.29, 1.82) is 0 Å². The van der Waals surface area contributed by atoms with Gasteiger partial charge in [-0.2, -0.15) is 0 Å². The number of aromatic nitrogens is 2. The lowest BCUT2D eigenvalue weighted by atomic mass is 10.1. The first-order valence-corrected chi connectivity index (χ1v) is 12.2. The minimum atomic E-state index is -0.334. The van der Waals surface area contributed by atoms with E-state index >= 15 is 0 Å². The first-order valence-electron chi connectivity index (χ1n) is 12.2. The van der Waals surface area contributed by atoms with Gasteiger partial charge in [0, 0.05) is 23.7 Å². The Kier molecular flexibility index (Phi) is 6.72. The summed E-state index contributed by atoms with van der Waals surface area (Å²) >= 11 is 0. The van der Waals surface area contributed by atoms with Gasteiger partial charge < -0.3 is 21.7 Å². The third-order valence-corrected chi connectivity index (χ3v) is 6.76. The number of anilines is 1. The van der Waals surface area contributed by atoms with Gasteiger partial charge in [0.1, 0.15) is 0 Å². The van der Waals surface area contributed by atoms with Crippen LogP contribution in [0.2, 0.25) is 0 Å². The summed E-state index contributed by atoms with van der Waals surface area (Å²) in [6.45, 7) is 1.68. The Morgan fingerprint density at radius 2 is 1.89 bits per heavy atom. The summed E-state index contributed by atoms with van der Waals surface area (Å²) < 4.78 is 0. The summed E-state index contributed by atoms with van der Waals surface area (Å²) in [6, 6.07) is 15.5. The lowest BCUT2D eigenvalue weighted by molar-refractivity contribution is 0.0925. The van der Waals surface area contributed by atoms with E-state index in [0.29, 0.717) is 16.8 Å². The molecule has 1 aliphatic heterocycles. The van der Waals surface area contributed by atoms with Crippen LogP contribution in [0.25, 0.3) is 11.3 Å². The molecule has 5 N–H and O–H groups in total. The molecule has 2 amide bonds. The monoisotopic (exact) mass is 470 g/mol. The number of hydrogen-bond donors (Lipinski definition) is 4. The molecule has 2 unspecified atom stereocenters. The van der Waals surface area contributed by atoms with Crippen molar-refractivity contribution >= 4 is 17.6 Å². The normalized spacial score (nSPS) is 19.4. The van der Waals surface area contributed by atoms with E-state index in [9.17, 15) is 9.59 Å². The number of benzene rings is 2. The van der Waals surface area contributed by atoms with E-state index in [4.69, 9.17) is 5.73 Å². The highest BCUT2D eigenvalue weighted by Crippen LogP contribution is 2.31. The van der Waals surface area contributed by atoms with Crippen molar-refractivity contribution in [2.45, 2.75) is 44.2 Å². The lowest BCUT2D eigenvalue weighted by Crippen LogP contribution is -2.41. The fraction of sp³-hybridized carbons (Fsp3) is 0.333. The lowest BCUT2D eigenvalue weighted by Gasteiger charge is -2.17. The van der Waals surface area contributed by atoms with Gasteiger partial charge in [-0.3, -0.25) is 9.59 Å². The van der Waals surface area contributed by atoms with Crippen LogP contribution in [0.5, 0.6) is 0 Å². The van der Waals surface area contributed by atoms with Gasteiger partial charge in [0.15, 0.2) is 11.5 Å². The molecular formula is C27H30N6O2. The molecule has 1 fully saturated rings. The molecule has 8 nitrogen and oxygen atoms in total. The largest absolute Gasteiger partial charge is 0.382 e. The predicted molar refractivity (Wildman–Crippen MR) is 135 cm³/mol. The zero-order chi connectivity index (χ0) is 24.2. The number of nitrogen functional groups attached to an aromatic ring is 1. The molecule has 2 aromatic carbocycles. The summed E-state index contributed by atoms with van der Waals surface area (Å²) in [4.78, 5) is 34.7. The fourth-order valence-corrected chi connectivity index (χ4v) is 4.87. The fourth-order valence-electron chi connectivity index (χ4n) is 4.87. The molecule has 2 aliphatic rings. The Bertz CT molecular complexity index is 1240. The van der Waals surface area contributed by atoms with Crippen LogP contribution >= 0.6 is 0 Å². The van der Waals surface area contributed by atoms with Crippen LogP contribution in [0.15, 0.2) is 54.7 Å². The van der Waals surface area contributed by atoms with Gasteiger partial charge in [0.05, 0.1) is 17.9 Å². The number of nitrogens with two attached hydrogens (primary N) is 1. The van der Waals surface area contributed by atoms with Crippen molar-refractivity contribution in [2.24, 2.45) is 0 Å². The smallest absolute Gasteiger partial charge is 0.274 e. The van der Waals surface area contributed by atoms with E-state index in [-0.39, 0.29) is 35.4 Å². The van der Waals surface area contributed by atoms with E-state index in [1.54, 1.807) is 12.1 Å². The molecular weight excluding hydrogens is 440 g/mol. The second-order valence-electron chi connectivity index (χ2n) is 9.20. The molecule has 0 saturated carbocycles.